The highest BCUT2D eigenvalue weighted by molar-refractivity contribution is 5.85. The molecule has 0 heterocycles. The predicted octanol–water partition coefficient (Wildman–Crippen LogP) is 11.0. The van der Waals surface area contributed by atoms with Crippen molar-refractivity contribution in [2.24, 2.45) is 0 Å². The van der Waals surface area contributed by atoms with Crippen LogP contribution in [0.4, 0.5) is 0 Å². The van der Waals surface area contributed by atoms with E-state index in [9.17, 15) is 0 Å². The summed E-state index contributed by atoms with van der Waals surface area (Å²) in [7, 11) is 0. The van der Waals surface area contributed by atoms with Crippen molar-refractivity contribution in [3.8, 4) is 22.3 Å². The number of hydrogen-bond acceptors (Lipinski definition) is 0. The van der Waals surface area contributed by atoms with Crippen LogP contribution in [-0.2, 0) is 10.8 Å². The molecule has 0 aliphatic heterocycles. The Kier molecular flexibility index (Phi) is 7.76. The highest BCUT2D eigenvalue weighted by Crippen LogP contribution is 2.47. The lowest BCUT2D eigenvalue weighted by Gasteiger charge is -2.32. The summed E-state index contributed by atoms with van der Waals surface area (Å²) in [5, 5.41) is 0. The van der Waals surface area contributed by atoms with Crippen LogP contribution in [0.2, 0.25) is 0 Å². The van der Waals surface area contributed by atoms with Crippen molar-refractivity contribution < 1.29 is 0 Å². The van der Waals surface area contributed by atoms with Crippen LogP contribution in [0.5, 0.6) is 0 Å². The van der Waals surface area contributed by atoms with Crippen molar-refractivity contribution in [2.75, 3.05) is 0 Å². The summed E-state index contributed by atoms with van der Waals surface area (Å²) in [6.07, 6.45) is 0. The molecule has 0 spiro atoms. The van der Waals surface area contributed by atoms with Crippen LogP contribution in [-0.4, -0.2) is 0 Å². The van der Waals surface area contributed by atoms with Crippen molar-refractivity contribution >= 4 is 0 Å². The minimum atomic E-state index is 0.0781. The van der Waals surface area contributed by atoms with Crippen LogP contribution >= 0.6 is 0 Å². The van der Waals surface area contributed by atoms with Gasteiger partial charge >= 0.3 is 0 Å². The Hall–Kier alpha value is -2.34. The Morgan fingerprint density at radius 3 is 1.40 bits per heavy atom. The minimum Gasteiger partial charge on any atom is -0.0622 e. The summed E-state index contributed by atoms with van der Waals surface area (Å²) >= 11 is 0. The van der Waals surface area contributed by atoms with Crippen molar-refractivity contribution in [1.82, 2.24) is 0 Å². The average Bonchev–Trinajstić information content (AvgIpc) is 2.76. The molecule has 0 saturated heterocycles. The van der Waals surface area contributed by atoms with Gasteiger partial charge in [0.15, 0.2) is 0 Å². The summed E-state index contributed by atoms with van der Waals surface area (Å²) in [6.45, 7) is 28.2. The quantitative estimate of drug-likeness (QED) is 0.349. The second-order valence-electron chi connectivity index (χ2n) is 13.3. The van der Waals surface area contributed by atoms with Crippen molar-refractivity contribution in [3.05, 3.63) is 82.4 Å². The molecule has 35 heavy (non-hydrogen) atoms. The molecule has 0 aromatic heterocycles. The van der Waals surface area contributed by atoms with Gasteiger partial charge in [0.2, 0.25) is 0 Å². The Morgan fingerprint density at radius 1 is 0.486 bits per heavy atom. The normalized spacial score (nSPS) is 12.8. The first-order valence-electron chi connectivity index (χ1n) is 13.6. The number of benzene rings is 3. The lowest BCUT2D eigenvalue weighted by molar-refractivity contribution is 0.530. The molecule has 188 valence electrons. The van der Waals surface area contributed by atoms with Crippen LogP contribution in [0, 0.1) is 0 Å². The largest absolute Gasteiger partial charge is 0.0622 e. The second kappa shape index (κ2) is 9.96. The first kappa shape index (κ1) is 27.3. The van der Waals surface area contributed by atoms with Gasteiger partial charge in [0.05, 0.1) is 0 Å². The van der Waals surface area contributed by atoms with Gasteiger partial charge in [-0.05, 0) is 78.7 Å². The van der Waals surface area contributed by atoms with Gasteiger partial charge in [-0.25, -0.2) is 0 Å². The number of rotatable bonds is 5. The van der Waals surface area contributed by atoms with Crippen molar-refractivity contribution in [3.63, 3.8) is 0 Å². The molecule has 0 aliphatic carbocycles. The van der Waals surface area contributed by atoms with Gasteiger partial charge in [-0.3, -0.25) is 0 Å². The molecule has 3 aromatic rings. The monoisotopic (exact) mass is 468 g/mol. The van der Waals surface area contributed by atoms with Crippen LogP contribution in [0.25, 0.3) is 22.3 Å². The Bertz CT molecular complexity index is 1160. The maximum absolute atomic E-state index is 2.52. The summed E-state index contributed by atoms with van der Waals surface area (Å²) in [5.41, 5.74) is 13.1. The molecule has 0 fully saturated rings. The molecule has 0 heteroatoms. The molecule has 0 aliphatic rings. The number of hydrogen-bond donors (Lipinski definition) is 0. The molecule has 0 unspecified atom stereocenters. The zero-order valence-electron chi connectivity index (χ0n) is 24.4. The van der Waals surface area contributed by atoms with Gasteiger partial charge in [-0.1, -0.05) is 138 Å². The van der Waals surface area contributed by atoms with Crippen LogP contribution in [0.15, 0.2) is 54.6 Å². The fraction of sp³-hybridized carbons (Fsp3) is 0.486. The fourth-order valence-electron chi connectivity index (χ4n) is 5.46. The summed E-state index contributed by atoms with van der Waals surface area (Å²) < 4.78 is 0. The topological polar surface area (TPSA) is 0 Å². The third-order valence-electron chi connectivity index (χ3n) is 7.24. The third-order valence-corrected chi connectivity index (χ3v) is 7.24. The van der Waals surface area contributed by atoms with E-state index in [1.165, 1.54) is 50.1 Å². The minimum absolute atomic E-state index is 0.0781. The smallest absolute Gasteiger partial charge is 0.0108 e. The molecule has 3 rings (SSSR count). The second-order valence-corrected chi connectivity index (χ2v) is 13.3. The van der Waals surface area contributed by atoms with Gasteiger partial charge in [-0.2, -0.15) is 0 Å². The standard InChI is InChI=1S/C35H48/c1-22(2)27-21-28(23(3)4)33(31(24(5)6)32(27)25-16-14-13-15-17-25)26-18-19-29(34(7,8)9)30(20-26)35(10,11)12/h13-24H,1-12H3. The van der Waals surface area contributed by atoms with E-state index in [1.807, 2.05) is 0 Å². The maximum Gasteiger partial charge on any atom is -0.0108 e. The van der Waals surface area contributed by atoms with E-state index in [0.29, 0.717) is 17.8 Å². The zero-order valence-corrected chi connectivity index (χ0v) is 24.4. The van der Waals surface area contributed by atoms with Gasteiger partial charge in [0.25, 0.3) is 0 Å². The Morgan fingerprint density at radius 2 is 0.971 bits per heavy atom. The maximum atomic E-state index is 2.52. The van der Waals surface area contributed by atoms with Gasteiger partial charge in [0.1, 0.15) is 0 Å². The summed E-state index contributed by atoms with van der Waals surface area (Å²) in [4.78, 5) is 0. The van der Waals surface area contributed by atoms with Crippen LogP contribution in [0.1, 0.15) is 129 Å². The molecular weight excluding hydrogens is 420 g/mol. The van der Waals surface area contributed by atoms with E-state index >= 15 is 0 Å². The predicted molar refractivity (Wildman–Crippen MR) is 157 cm³/mol. The van der Waals surface area contributed by atoms with E-state index < -0.39 is 0 Å². The van der Waals surface area contributed by atoms with Gasteiger partial charge in [0, 0.05) is 0 Å². The molecule has 3 aromatic carbocycles. The van der Waals surface area contributed by atoms with E-state index in [1.54, 1.807) is 0 Å². The zero-order chi connectivity index (χ0) is 26.3. The lowest BCUT2D eigenvalue weighted by atomic mass is 9.72. The van der Waals surface area contributed by atoms with Crippen LogP contribution in [0.3, 0.4) is 0 Å². The van der Waals surface area contributed by atoms with E-state index in [-0.39, 0.29) is 10.8 Å². The van der Waals surface area contributed by atoms with Gasteiger partial charge < -0.3 is 0 Å². The molecule has 0 bridgehead atoms. The van der Waals surface area contributed by atoms with E-state index in [4.69, 9.17) is 0 Å². The summed E-state index contributed by atoms with van der Waals surface area (Å²) in [5.74, 6) is 1.32. The molecule has 0 radical (unpaired) electrons. The SMILES string of the molecule is CC(C)c1cc(C(C)C)c(-c2ccc(C(C)(C)C)c(C(C)(C)C)c2)c(C(C)C)c1-c1ccccc1. The first-order chi connectivity index (χ1) is 16.1. The van der Waals surface area contributed by atoms with Crippen molar-refractivity contribution in [1.29, 1.82) is 0 Å². The highest BCUT2D eigenvalue weighted by atomic mass is 14.3. The Labute approximate surface area is 216 Å². The van der Waals surface area contributed by atoms with E-state index in [2.05, 4.69) is 138 Å². The third kappa shape index (κ3) is 5.58. The van der Waals surface area contributed by atoms with Crippen LogP contribution < -0.4 is 0 Å². The fourth-order valence-corrected chi connectivity index (χ4v) is 5.46. The highest BCUT2D eigenvalue weighted by Gasteiger charge is 2.28. The lowest BCUT2D eigenvalue weighted by Crippen LogP contribution is -2.22. The van der Waals surface area contributed by atoms with E-state index in [0.717, 1.165) is 0 Å². The van der Waals surface area contributed by atoms with Gasteiger partial charge in [-0.15, -0.1) is 0 Å². The molecule has 0 N–H and O–H groups in total. The molecule has 0 saturated carbocycles. The Balaban J connectivity index is 2.52. The molecule has 0 amide bonds. The molecule has 0 nitrogen and oxygen atoms in total. The summed E-state index contributed by atoms with van der Waals surface area (Å²) in [6, 6.07) is 20.9. The molecule has 0 atom stereocenters. The first-order valence-corrected chi connectivity index (χ1v) is 13.6. The molecular formula is C35H48. The van der Waals surface area contributed by atoms with Crippen molar-refractivity contribution in [2.45, 2.75) is 112 Å². The average molecular weight is 469 g/mol.